The summed E-state index contributed by atoms with van der Waals surface area (Å²) in [5, 5.41) is 2.74. The van der Waals surface area contributed by atoms with Crippen molar-refractivity contribution in [3.63, 3.8) is 0 Å². The number of urea groups is 1. The van der Waals surface area contributed by atoms with Crippen LogP contribution in [0.1, 0.15) is 19.8 Å². The highest BCUT2D eigenvalue weighted by Crippen LogP contribution is 2.28. The standard InChI is InChI=1S/C13H18N2O5/c1-2-20-10(16)4-3-7-15-11(17)13(14-12(15)18)5-8-19-9-6-13/h3-4H,2,5-9H2,1H3,(H,14,18)/b4-3+. The number of hydrogen-bond acceptors (Lipinski definition) is 5. The number of imide groups is 1. The third-order valence-electron chi connectivity index (χ3n) is 3.42. The number of rotatable bonds is 4. The highest BCUT2D eigenvalue weighted by molar-refractivity contribution is 6.07. The number of ether oxygens (including phenoxy) is 2. The number of nitrogens with one attached hydrogen (secondary N) is 1. The minimum Gasteiger partial charge on any atom is -0.463 e. The summed E-state index contributed by atoms with van der Waals surface area (Å²) >= 11 is 0. The van der Waals surface area contributed by atoms with Crippen LogP contribution in [0.2, 0.25) is 0 Å². The van der Waals surface area contributed by atoms with Gasteiger partial charge < -0.3 is 14.8 Å². The summed E-state index contributed by atoms with van der Waals surface area (Å²) in [5.74, 6) is -0.736. The second kappa shape index (κ2) is 6.04. The molecule has 0 bridgehead atoms. The van der Waals surface area contributed by atoms with Crippen LogP contribution in [0.3, 0.4) is 0 Å². The van der Waals surface area contributed by atoms with E-state index < -0.39 is 17.5 Å². The number of amides is 3. The highest BCUT2D eigenvalue weighted by atomic mass is 16.5. The smallest absolute Gasteiger partial charge is 0.330 e. The molecule has 0 aromatic carbocycles. The van der Waals surface area contributed by atoms with Gasteiger partial charge in [0, 0.05) is 38.7 Å². The van der Waals surface area contributed by atoms with E-state index >= 15 is 0 Å². The van der Waals surface area contributed by atoms with Crippen molar-refractivity contribution < 1.29 is 23.9 Å². The van der Waals surface area contributed by atoms with Crippen LogP contribution in [0.5, 0.6) is 0 Å². The Labute approximate surface area is 116 Å². The molecule has 2 aliphatic rings. The number of hydrogen-bond donors (Lipinski definition) is 1. The van der Waals surface area contributed by atoms with Crippen LogP contribution < -0.4 is 5.32 Å². The molecule has 2 heterocycles. The summed E-state index contributed by atoms with van der Waals surface area (Å²) in [5.41, 5.74) is -0.826. The first-order valence-electron chi connectivity index (χ1n) is 6.64. The molecule has 2 aliphatic heterocycles. The fraction of sp³-hybridized carbons (Fsp3) is 0.615. The molecule has 1 N–H and O–H groups in total. The van der Waals surface area contributed by atoms with Crippen molar-refractivity contribution in [3.05, 3.63) is 12.2 Å². The third kappa shape index (κ3) is 2.82. The van der Waals surface area contributed by atoms with Crippen molar-refractivity contribution in [2.24, 2.45) is 0 Å². The average molecular weight is 282 g/mol. The molecule has 0 radical (unpaired) electrons. The Morgan fingerprint density at radius 2 is 2.15 bits per heavy atom. The SMILES string of the molecule is CCOC(=O)/C=C/CN1C(=O)NC2(CCOCC2)C1=O. The van der Waals surface area contributed by atoms with Gasteiger partial charge in [0.1, 0.15) is 5.54 Å². The monoisotopic (exact) mass is 282 g/mol. The van der Waals surface area contributed by atoms with E-state index in [4.69, 9.17) is 9.47 Å². The van der Waals surface area contributed by atoms with Gasteiger partial charge in [0.05, 0.1) is 6.61 Å². The molecule has 0 aromatic heterocycles. The Balaban J connectivity index is 1.97. The zero-order chi connectivity index (χ0) is 14.6. The molecule has 2 rings (SSSR count). The van der Waals surface area contributed by atoms with Gasteiger partial charge in [-0.05, 0) is 6.92 Å². The second-order valence-corrected chi connectivity index (χ2v) is 4.69. The van der Waals surface area contributed by atoms with Gasteiger partial charge in [0.15, 0.2) is 0 Å². The Hall–Kier alpha value is -1.89. The molecule has 0 atom stereocenters. The van der Waals surface area contributed by atoms with Gasteiger partial charge in [-0.15, -0.1) is 0 Å². The lowest BCUT2D eigenvalue weighted by atomic mass is 9.90. The van der Waals surface area contributed by atoms with E-state index in [0.29, 0.717) is 26.1 Å². The number of nitrogens with zero attached hydrogens (tertiary/aromatic N) is 1. The molecule has 0 unspecified atom stereocenters. The predicted molar refractivity (Wildman–Crippen MR) is 68.8 cm³/mol. The Morgan fingerprint density at radius 1 is 1.45 bits per heavy atom. The van der Waals surface area contributed by atoms with Crippen LogP contribution in [-0.2, 0) is 19.1 Å². The molecule has 20 heavy (non-hydrogen) atoms. The molecule has 7 nitrogen and oxygen atoms in total. The van der Waals surface area contributed by atoms with Crippen molar-refractivity contribution in [3.8, 4) is 0 Å². The topological polar surface area (TPSA) is 84.9 Å². The summed E-state index contributed by atoms with van der Waals surface area (Å²) in [6.45, 7) is 2.97. The molecule has 1 spiro atoms. The molecule has 0 aliphatic carbocycles. The van der Waals surface area contributed by atoms with Gasteiger partial charge in [-0.3, -0.25) is 9.69 Å². The van der Waals surface area contributed by atoms with Crippen LogP contribution in [-0.4, -0.2) is 54.7 Å². The van der Waals surface area contributed by atoms with E-state index in [-0.39, 0.29) is 19.1 Å². The number of esters is 1. The Kier molecular flexibility index (Phi) is 4.39. The zero-order valence-electron chi connectivity index (χ0n) is 11.4. The van der Waals surface area contributed by atoms with E-state index in [2.05, 4.69) is 5.32 Å². The summed E-state index contributed by atoms with van der Waals surface area (Å²) in [6, 6.07) is -0.426. The van der Waals surface area contributed by atoms with Crippen LogP contribution in [0, 0.1) is 0 Å². The highest BCUT2D eigenvalue weighted by Gasteiger charge is 2.51. The largest absolute Gasteiger partial charge is 0.463 e. The van der Waals surface area contributed by atoms with Crippen LogP contribution in [0.4, 0.5) is 4.79 Å². The van der Waals surface area contributed by atoms with E-state index in [1.54, 1.807) is 6.92 Å². The lowest BCUT2D eigenvalue weighted by molar-refractivity contribution is -0.137. The first-order valence-corrected chi connectivity index (χ1v) is 6.64. The first-order chi connectivity index (χ1) is 9.59. The number of carbonyl (C=O) groups excluding carboxylic acids is 3. The maximum absolute atomic E-state index is 12.3. The number of carbonyl (C=O) groups is 3. The quantitative estimate of drug-likeness (QED) is 0.452. The van der Waals surface area contributed by atoms with Crippen molar-refractivity contribution in [1.29, 1.82) is 0 Å². The van der Waals surface area contributed by atoms with Gasteiger partial charge in [0.2, 0.25) is 0 Å². The van der Waals surface area contributed by atoms with Crippen LogP contribution >= 0.6 is 0 Å². The minimum atomic E-state index is -0.826. The maximum Gasteiger partial charge on any atom is 0.330 e. The van der Waals surface area contributed by atoms with E-state index in [1.807, 2.05) is 0 Å². The molecule has 7 heteroatoms. The maximum atomic E-state index is 12.3. The lowest BCUT2D eigenvalue weighted by Crippen LogP contribution is -2.51. The van der Waals surface area contributed by atoms with Crippen molar-refractivity contribution in [2.45, 2.75) is 25.3 Å². The van der Waals surface area contributed by atoms with Gasteiger partial charge in [0.25, 0.3) is 5.91 Å². The molecule has 0 aromatic rings. The summed E-state index contributed by atoms with van der Waals surface area (Å²) in [6.07, 6.45) is 3.64. The third-order valence-corrected chi connectivity index (χ3v) is 3.42. The molecular formula is C13H18N2O5. The van der Waals surface area contributed by atoms with Gasteiger partial charge in [-0.2, -0.15) is 0 Å². The average Bonchev–Trinajstić information content (AvgIpc) is 2.64. The molecule has 2 fully saturated rings. The molecule has 110 valence electrons. The van der Waals surface area contributed by atoms with E-state index in [0.717, 1.165) is 4.90 Å². The summed E-state index contributed by atoms with van der Waals surface area (Å²) in [4.78, 5) is 36.5. The minimum absolute atomic E-state index is 0.0616. The van der Waals surface area contributed by atoms with Gasteiger partial charge in [-0.1, -0.05) is 6.08 Å². The second-order valence-electron chi connectivity index (χ2n) is 4.69. The molecule has 2 saturated heterocycles. The molecule has 3 amide bonds. The lowest BCUT2D eigenvalue weighted by Gasteiger charge is -2.30. The summed E-state index contributed by atoms with van der Waals surface area (Å²) in [7, 11) is 0. The normalized spacial score (nSPS) is 21.6. The first kappa shape index (κ1) is 14.5. The van der Waals surface area contributed by atoms with Gasteiger partial charge >= 0.3 is 12.0 Å². The Bertz CT molecular complexity index is 440. The van der Waals surface area contributed by atoms with Gasteiger partial charge in [-0.25, -0.2) is 9.59 Å². The van der Waals surface area contributed by atoms with Crippen LogP contribution in [0.25, 0.3) is 0 Å². The van der Waals surface area contributed by atoms with Crippen molar-refractivity contribution in [2.75, 3.05) is 26.4 Å². The van der Waals surface area contributed by atoms with E-state index in [1.165, 1.54) is 12.2 Å². The predicted octanol–water partition coefficient (Wildman–Crippen LogP) is 0.207. The summed E-state index contributed by atoms with van der Waals surface area (Å²) < 4.78 is 9.94. The van der Waals surface area contributed by atoms with Crippen LogP contribution in [0.15, 0.2) is 12.2 Å². The Morgan fingerprint density at radius 3 is 2.80 bits per heavy atom. The molecule has 0 saturated carbocycles. The van der Waals surface area contributed by atoms with Crippen molar-refractivity contribution in [1.82, 2.24) is 10.2 Å². The zero-order valence-corrected chi connectivity index (χ0v) is 11.4. The molecular weight excluding hydrogens is 264 g/mol. The fourth-order valence-corrected chi connectivity index (χ4v) is 2.35. The van der Waals surface area contributed by atoms with Crippen molar-refractivity contribution >= 4 is 17.9 Å². The fourth-order valence-electron chi connectivity index (χ4n) is 2.35. The van der Waals surface area contributed by atoms with E-state index in [9.17, 15) is 14.4 Å².